The van der Waals surface area contributed by atoms with Crippen molar-refractivity contribution in [2.24, 2.45) is 5.92 Å². The monoisotopic (exact) mass is 387 g/mol. The summed E-state index contributed by atoms with van der Waals surface area (Å²) >= 11 is 1.37. The Morgan fingerprint density at radius 1 is 1.22 bits per heavy atom. The van der Waals surface area contributed by atoms with Crippen LogP contribution in [0.4, 0.5) is 0 Å². The quantitative estimate of drug-likeness (QED) is 0.597. The van der Waals surface area contributed by atoms with Gasteiger partial charge in [0.05, 0.1) is 16.7 Å². The lowest BCUT2D eigenvalue weighted by molar-refractivity contribution is -0.119. The van der Waals surface area contributed by atoms with Gasteiger partial charge in [-0.2, -0.15) is 0 Å². The highest BCUT2D eigenvalue weighted by molar-refractivity contribution is 7.99. The maximum Gasteiger partial charge on any atom is 0.262 e. The third-order valence-corrected chi connectivity index (χ3v) is 6.39. The van der Waals surface area contributed by atoms with Crippen molar-refractivity contribution in [3.8, 4) is 0 Å². The summed E-state index contributed by atoms with van der Waals surface area (Å²) in [5, 5.41) is 4.35. The summed E-state index contributed by atoms with van der Waals surface area (Å²) in [6.07, 6.45) is 5.51. The van der Waals surface area contributed by atoms with Crippen molar-refractivity contribution >= 4 is 28.6 Å². The standard InChI is InChI=1S/C21H29N3O2S/c1-14(2)15(3)22-19(25)13-27-21-23-18-12-8-7-11-17(18)20(26)24(21)16-9-5-4-6-10-16/h7-8,11-12,14-16H,4-6,9-10,13H2,1-3H3,(H,22,25). The molecule has 0 radical (unpaired) electrons. The van der Waals surface area contributed by atoms with Gasteiger partial charge in [-0.15, -0.1) is 0 Å². The molecule has 1 saturated carbocycles. The molecule has 0 bridgehead atoms. The third kappa shape index (κ3) is 4.72. The molecule has 1 N–H and O–H groups in total. The molecule has 1 aliphatic carbocycles. The lowest BCUT2D eigenvalue weighted by Crippen LogP contribution is -2.37. The number of carbonyl (C=O) groups excluding carboxylic acids is 1. The Hall–Kier alpha value is -1.82. The fourth-order valence-corrected chi connectivity index (χ4v) is 4.36. The van der Waals surface area contributed by atoms with E-state index in [4.69, 9.17) is 4.98 Å². The normalized spacial score (nSPS) is 16.6. The van der Waals surface area contributed by atoms with E-state index in [1.807, 2.05) is 35.8 Å². The summed E-state index contributed by atoms with van der Waals surface area (Å²) < 4.78 is 1.85. The van der Waals surface area contributed by atoms with Crippen molar-refractivity contribution in [1.29, 1.82) is 0 Å². The van der Waals surface area contributed by atoms with E-state index in [1.54, 1.807) is 0 Å². The summed E-state index contributed by atoms with van der Waals surface area (Å²) in [5.74, 6) is 0.645. The van der Waals surface area contributed by atoms with Crippen LogP contribution in [0.25, 0.3) is 10.9 Å². The number of nitrogens with one attached hydrogen (secondary N) is 1. The van der Waals surface area contributed by atoms with Gasteiger partial charge in [0.15, 0.2) is 5.16 Å². The first-order valence-corrected chi connectivity index (χ1v) is 10.9. The number of benzene rings is 1. The van der Waals surface area contributed by atoms with Gasteiger partial charge in [0.25, 0.3) is 5.56 Å². The van der Waals surface area contributed by atoms with Gasteiger partial charge in [-0.25, -0.2) is 4.98 Å². The topological polar surface area (TPSA) is 64.0 Å². The Morgan fingerprint density at radius 2 is 1.93 bits per heavy atom. The second-order valence-electron chi connectivity index (χ2n) is 7.77. The number of rotatable bonds is 6. The largest absolute Gasteiger partial charge is 0.353 e. The number of nitrogens with zero attached hydrogens (tertiary/aromatic N) is 2. The molecule has 0 aliphatic heterocycles. The van der Waals surface area contributed by atoms with Crippen LogP contribution in [0, 0.1) is 5.92 Å². The van der Waals surface area contributed by atoms with Crippen molar-refractivity contribution in [3.05, 3.63) is 34.6 Å². The van der Waals surface area contributed by atoms with Crippen LogP contribution < -0.4 is 10.9 Å². The number of para-hydroxylation sites is 1. The van der Waals surface area contributed by atoms with Crippen molar-refractivity contribution in [2.45, 2.75) is 70.1 Å². The Bertz CT molecular complexity index is 856. The number of hydrogen-bond donors (Lipinski definition) is 1. The number of fused-ring (bicyclic) bond motifs is 1. The molecule has 2 aromatic rings. The van der Waals surface area contributed by atoms with Crippen LogP contribution >= 0.6 is 11.8 Å². The smallest absolute Gasteiger partial charge is 0.262 e. The van der Waals surface area contributed by atoms with Crippen molar-refractivity contribution in [3.63, 3.8) is 0 Å². The molecule has 0 spiro atoms. The molecule has 146 valence electrons. The molecule has 1 aromatic carbocycles. The molecule has 0 saturated heterocycles. The average Bonchev–Trinajstić information content (AvgIpc) is 2.67. The van der Waals surface area contributed by atoms with Crippen molar-refractivity contribution in [1.82, 2.24) is 14.9 Å². The van der Waals surface area contributed by atoms with E-state index in [-0.39, 0.29) is 29.3 Å². The first kappa shape index (κ1) is 19.9. The molecule has 3 rings (SSSR count). The highest BCUT2D eigenvalue weighted by atomic mass is 32.2. The fraction of sp³-hybridized carbons (Fsp3) is 0.571. The first-order chi connectivity index (χ1) is 13.0. The van der Waals surface area contributed by atoms with Gasteiger partial charge >= 0.3 is 0 Å². The minimum Gasteiger partial charge on any atom is -0.353 e. The molecular weight excluding hydrogens is 358 g/mol. The summed E-state index contributed by atoms with van der Waals surface area (Å²) in [6.45, 7) is 6.19. The van der Waals surface area contributed by atoms with Crippen LogP contribution in [0.15, 0.2) is 34.2 Å². The lowest BCUT2D eigenvalue weighted by atomic mass is 9.95. The highest BCUT2D eigenvalue weighted by Gasteiger charge is 2.22. The van der Waals surface area contributed by atoms with Crippen molar-refractivity contribution in [2.75, 3.05) is 5.75 Å². The zero-order valence-electron chi connectivity index (χ0n) is 16.4. The summed E-state index contributed by atoms with van der Waals surface area (Å²) in [5.41, 5.74) is 0.721. The maximum absolute atomic E-state index is 13.2. The zero-order chi connectivity index (χ0) is 19.4. The van der Waals surface area contributed by atoms with Crippen LogP contribution in [0.2, 0.25) is 0 Å². The molecule has 1 atom stereocenters. The van der Waals surface area contributed by atoms with Gasteiger partial charge in [0, 0.05) is 12.1 Å². The highest BCUT2D eigenvalue weighted by Crippen LogP contribution is 2.31. The van der Waals surface area contributed by atoms with Gasteiger partial charge in [0.1, 0.15) is 0 Å². The van der Waals surface area contributed by atoms with E-state index in [0.717, 1.165) is 25.7 Å². The molecule has 1 aromatic heterocycles. The van der Waals surface area contributed by atoms with Crippen LogP contribution in [0.1, 0.15) is 58.9 Å². The van der Waals surface area contributed by atoms with Crippen molar-refractivity contribution < 1.29 is 4.79 Å². The molecule has 1 amide bonds. The van der Waals surface area contributed by atoms with E-state index in [1.165, 1.54) is 18.2 Å². The minimum absolute atomic E-state index is 0.0150. The number of amides is 1. The Labute approximate surface area is 164 Å². The minimum atomic E-state index is -0.0150. The van der Waals surface area contributed by atoms with Gasteiger partial charge in [-0.05, 0) is 37.8 Å². The molecule has 27 heavy (non-hydrogen) atoms. The molecular formula is C21H29N3O2S. The van der Waals surface area contributed by atoms with E-state index < -0.39 is 0 Å². The molecule has 1 aliphatic rings. The molecule has 1 fully saturated rings. The number of aromatic nitrogens is 2. The predicted octanol–water partition coefficient (Wildman–Crippen LogP) is 4.15. The van der Waals surface area contributed by atoms with E-state index in [0.29, 0.717) is 22.0 Å². The van der Waals surface area contributed by atoms with E-state index in [9.17, 15) is 9.59 Å². The van der Waals surface area contributed by atoms with Crippen LogP contribution in [-0.4, -0.2) is 27.3 Å². The molecule has 6 heteroatoms. The Morgan fingerprint density at radius 3 is 2.63 bits per heavy atom. The van der Waals surface area contributed by atoms with Crippen LogP contribution in [0.3, 0.4) is 0 Å². The van der Waals surface area contributed by atoms with Gasteiger partial charge < -0.3 is 5.32 Å². The summed E-state index contributed by atoms with van der Waals surface area (Å²) in [4.78, 5) is 30.2. The predicted molar refractivity (Wildman–Crippen MR) is 111 cm³/mol. The fourth-order valence-electron chi connectivity index (χ4n) is 3.48. The van der Waals surface area contributed by atoms with Crippen LogP contribution in [0.5, 0.6) is 0 Å². The van der Waals surface area contributed by atoms with Gasteiger partial charge in [-0.3, -0.25) is 14.2 Å². The van der Waals surface area contributed by atoms with Gasteiger partial charge in [-0.1, -0.05) is 57.0 Å². The molecule has 5 nitrogen and oxygen atoms in total. The zero-order valence-corrected chi connectivity index (χ0v) is 17.2. The second kappa shape index (κ2) is 8.91. The molecule has 1 unspecified atom stereocenters. The maximum atomic E-state index is 13.2. The first-order valence-electron chi connectivity index (χ1n) is 9.91. The Kier molecular flexibility index (Phi) is 6.58. The van der Waals surface area contributed by atoms with E-state index in [2.05, 4.69) is 19.2 Å². The SMILES string of the molecule is CC(C)C(C)NC(=O)CSc1nc2ccccc2c(=O)n1C1CCCCC1. The van der Waals surface area contributed by atoms with Crippen LogP contribution in [-0.2, 0) is 4.79 Å². The second-order valence-corrected chi connectivity index (χ2v) is 8.71. The Balaban J connectivity index is 1.88. The number of carbonyl (C=O) groups is 1. The van der Waals surface area contributed by atoms with Gasteiger partial charge in [0.2, 0.25) is 5.91 Å². The van der Waals surface area contributed by atoms with E-state index >= 15 is 0 Å². The number of thioether (sulfide) groups is 1. The lowest BCUT2D eigenvalue weighted by Gasteiger charge is -2.26. The summed E-state index contributed by atoms with van der Waals surface area (Å²) in [6, 6.07) is 7.80. The average molecular weight is 388 g/mol. The number of hydrogen-bond acceptors (Lipinski definition) is 4. The summed E-state index contributed by atoms with van der Waals surface area (Å²) in [7, 11) is 0. The molecule has 1 heterocycles. The third-order valence-electron chi connectivity index (χ3n) is 5.44.